The molecule has 1 saturated heterocycles. The SMILES string of the molecule is C/C(=C\c1ccccc1)C(=O)N1CCCC[C@H]1C. The first kappa shape index (κ1) is 12.9. The van der Waals surface area contributed by atoms with E-state index in [-0.39, 0.29) is 5.91 Å². The number of hydrogen-bond donors (Lipinski definition) is 0. The zero-order valence-electron chi connectivity index (χ0n) is 11.2. The first-order valence-corrected chi connectivity index (χ1v) is 6.73. The number of rotatable bonds is 2. The van der Waals surface area contributed by atoms with Crippen LogP contribution < -0.4 is 0 Å². The highest BCUT2D eigenvalue weighted by Crippen LogP contribution is 2.19. The van der Waals surface area contributed by atoms with Gasteiger partial charge in [-0.2, -0.15) is 0 Å². The molecule has 0 aromatic heterocycles. The summed E-state index contributed by atoms with van der Waals surface area (Å²) in [4.78, 5) is 14.4. The molecule has 96 valence electrons. The van der Waals surface area contributed by atoms with E-state index in [0.717, 1.165) is 30.5 Å². The van der Waals surface area contributed by atoms with Gasteiger partial charge in [-0.3, -0.25) is 4.79 Å². The van der Waals surface area contributed by atoms with Crippen molar-refractivity contribution in [3.8, 4) is 0 Å². The lowest BCUT2D eigenvalue weighted by Crippen LogP contribution is -2.42. The van der Waals surface area contributed by atoms with E-state index in [1.165, 1.54) is 6.42 Å². The highest BCUT2D eigenvalue weighted by molar-refractivity contribution is 5.97. The molecule has 1 aromatic carbocycles. The summed E-state index contributed by atoms with van der Waals surface area (Å²) in [5.41, 5.74) is 1.92. The largest absolute Gasteiger partial charge is 0.336 e. The molecular weight excluding hydrogens is 222 g/mol. The van der Waals surface area contributed by atoms with Crippen LogP contribution in [0.15, 0.2) is 35.9 Å². The Labute approximate surface area is 109 Å². The summed E-state index contributed by atoms with van der Waals surface area (Å²) in [6.45, 7) is 4.96. The molecule has 0 unspecified atom stereocenters. The van der Waals surface area contributed by atoms with E-state index >= 15 is 0 Å². The Hall–Kier alpha value is -1.57. The maximum Gasteiger partial charge on any atom is 0.249 e. The summed E-state index contributed by atoms with van der Waals surface area (Å²) in [6, 6.07) is 10.4. The molecule has 0 bridgehead atoms. The van der Waals surface area contributed by atoms with Crippen molar-refractivity contribution < 1.29 is 4.79 Å². The molecule has 1 fully saturated rings. The zero-order valence-corrected chi connectivity index (χ0v) is 11.2. The average Bonchev–Trinajstić information content (AvgIpc) is 2.39. The van der Waals surface area contributed by atoms with Crippen LogP contribution in [0.3, 0.4) is 0 Å². The molecule has 18 heavy (non-hydrogen) atoms. The maximum atomic E-state index is 12.4. The van der Waals surface area contributed by atoms with Gasteiger partial charge in [-0.05, 0) is 44.7 Å². The number of amides is 1. The van der Waals surface area contributed by atoms with Gasteiger partial charge in [0.05, 0.1) is 0 Å². The number of benzene rings is 1. The summed E-state index contributed by atoms with van der Waals surface area (Å²) in [6.07, 6.45) is 5.48. The lowest BCUT2D eigenvalue weighted by molar-refractivity contribution is -0.130. The lowest BCUT2D eigenvalue weighted by atomic mass is 10.0. The summed E-state index contributed by atoms with van der Waals surface area (Å²) >= 11 is 0. The Morgan fingerprint density at radius 3 is 2.67 bits per heavy atom. The van der Waals surface area contributed by atoms with Crippen LogP contribution in [0.5, 0.6) is 0 Å². The molecule has 1 heterocycles. The van der Waals surface area contributed by atoms with Crippen molar-refractivity contribution in [2.45, 2.75) is 39.2 Å². The number of carbonyl (C=O) groups excluding carboxylic acids is 1. The molecule has 2 nitrogen and oxygen atoms in total. The van der Waals surface area contributed by atoms with Gasteiger partial charge in [-0.15, -0.1) is 0 Å². The molecule has 1 amide bonds. The molecule has 1 aliphatic heterocycles. The first-order chi connectivity index (χ1) is 8.68. The second-order valence-electron chi connectivity index (χ2n) is 5.08. The topological polar surface area (TPSA) is 20.3 Å². The Morgan fingerprint density at radius 1 is 1.28 bits per heavy atom. The van der Waals surface area contributed by atoms with Crippen LogP contribution in [-0.2, 0) is 4.79 Å². The second kappa shape index (κ2) is 5.85. The normalized spacial score (nSPS) is 20.9. The second-order valence-corrected chi connectivity index (χ2v) is 5.08. The number of nitrogens with zero attached hydrogens (tertiary/aromatic N) is 1. The van der Waals surface area contributed by atoms with E-state index in [0.29, 0.717) is 6.04 Å². The predicted octanol–water partition coefficient (Wildman–Crippen LogP) is 3.49. The van der Waals surface area contributed by atoms with Crippen LogP contribution >= 0.6 is 0 Å². The minimum atomic E-state index is 0.186. The third-order valence-corrected chi connectivity index (χ3v) is 3.58. The number of hydrogen-bond acceptors (Lipinski definition) is 1. The van der Waals surface area contributed by atoms with Crippen LogP contribution in [0.4, 0.5) is 0 Å². The summed E-state index contributed by atoms with van der Waals surface area (Å²) in [7, 11) is 0. The Balaban J connectivity index is 2.11. The zero-order chi connectivity index (χ0) is 13.0. The van der Waals surface area contributed by atoms with Crippen LogP contribution in [-0.4, -0.2) is 23.4 Å². The van der Waals surface area contributed by atoms with Crippen molar-refractivity contribution in [1.82, 2.24) is 4.90 Å². The fraction of sp³-hybridized carbons (Fsp3) is 0.438. The molecule has 1 aromatic rings. The van der Waals surface area contributed by atoms with Gasteiger partial charge in [0, 0.05) is 18.2 Å². The van der Waals surface area contributed by atoms with Crippen molar-refractivity contribution in [1.29, 1.82) is 0 Å². The fourth-order valence-corrected chi connectivity index (χ4v) is 2.49. The van der Waals surface area contributed by atoms with Crippen molar-refractivity contribution in [2.24, 2.45) is 0 Å². The smallest absolute Gasteiger partial charge is 0.249 e. The van der Waals surface area contributed by atoms with Crippen LogP contribution in [0.2, 0.25) is 0 Å². The summed E-state index contributed by atoms with van der Waals surface area (Å²) in [5.74, 6) is 0.186. The van der Waals surface area contributed by atoms with Gasteiger partial charge in [0.2, 0.25) is 5.91 Å². The van der Waals surface area contributed by atoms with Crippen molar-refractivity contribution >= 4 is 12.0 Å². The minimum absolute atomic E-state index is 0.186. The molecule has 0 aliphatic carbocycles. The van der Waals surface area contributed by atoms with Gasteiger partial charge >= 0.3 is 0 Å². The van der Waals surface area contributed by atoms with Gasteiger partial charge < -0.3 is 4.90 Å². The molecule has 0 radical (unpaired) electrons. The molecule has 0 N–H and O–H groups in total. The third kappa shape index (κ3) is 3.00. The number of carbonyl (C=O) groups is 1. The highest BCUT2D eigenvalue weighted by Gasteiger charge is 2.23. The van der Waals surface area contributed by atoms with Gasteiger partial charge in [-0.1, -0.05) is 30.3 Å². The Morgan fingerprint density at radius 2 is 2.00 bits per heavy atom. The summed E-state index contributed by atoms with van der Waals surface area (Å²) < 4.78 is 0. The fourth-order valence-electron chi connectivity index (χ4n) is 2.49. The third-order valence-electron chi connectivity index (χ3n) is 3.58. The molecular formula is C16H21NO. The maximum absolute atomic E-state index is 12.4. The van der Waals surface area contributed by atoms with Crippen LogP contribution in [0.1, 0.15) is 38.7 Å². The molecule has 2 rings (SSSR count). The van der Waals surface area contributed by atoms with E-state index in [4.69, 9.17) is 0 Å². The quantitative estimate of drug-likeness (QED) is 0.728. The standard InChI is InChI=1S/C16H21NO/c1-13(12-15-9-4-3-5-10-15)16(18)17-11-7-6-8-14(17)2/h3-5,9-10,12,14H,6-8,11H2,1-2H3/b13-12+/t14-/m1/s1. The van der Waals surface area contributed by atoms with Gasteiger partial charge in [0.1, 0.15) is 0 Å². The molecule has 2 heteroatoms. The van der Waals surface area contributed by atoms with Gasteiger partial charge in [0.15, 0.2) is 0 Å². The molecule has 0 saturated carbocycles. The molecule has 1 aliphatic rings. The predicted molar refractivity (Wildman–Crippen MR) is 75.1 cm³/mol. The van der Waals surface area contributed by atoms with E-state index in [1.807, 2.05) is 48.2 Å². The van der Waals surface area contributed by atoms with Crippen molar-refractivity contribution in [3.05, 3.63) is 41.5 Å². The summed E-state index contributed by atoms with van der Waals surface area (Å²) in [5, 5.41) is 0. The van der Waals surface area contributed by atoms with Gasteiger partial charge in [-0.25, -0.2) is 0 Å². The van der Waals surface area contributed by atoms with Crippen molar-refractivity contribution in [2.75, 3.05) is 6.54 Å². The highest BCUT2D eigenvalue weighted by atomic mass is 16.2. The molecule has 1 atom stereocenters. The monoisotopic (exact) mass is 243 g/mol. The van der Waals surface area contributed by atoms with E-state index < -0.39 is 0 Å². The lowest BCUT2D eigenvalue weighted by Gasteiger charge is -2.33. The van der Waals surface area contributed by atoms with E-state index in [9.17, 15) is 4.79 Å². The number of likely N-dealkylation sites (tertiary alicyclic amines) is 1. The van der Waals surface area contributed by atoms with Crippen LogP contribution in [0.25, 0.3) is 6.08 Å². The molecule has 0 spiro atoms. The first-order valence-electron chi connectivity index (χ1n) is 6.73. The van der Waals surface area contributed by atoms with Gasteiger partial charge in [0.25, 0.3) is 0 Å². The van der Waals surface area contributed by atoms with Crippen LogP contribution in [0, 0.1) is 0 Å². The number of piperidine rings is 1. The minimum Gasteiger partial charge on any atom is -0.336 e. The Kier molecular flexibility index (Phi) is 4.19. The average molecular weight is 243 g/mol. The van der Waals surface area contributed by atoms with Crippen molar-refractivity contribution in [3.63, 3.8) is 0 Å². The Bertz CT molecular complexity index is 436. The van der Waals surface area contributed by atoms with E-state index in [1.54, 1.807) is 0 Å². The van der Waals surface area contributed by atoms with E-state index in [2.05, 4.69) is 6.92 Å².